The average Bonchev–Trinajstić information content (AvgIpc) is 2.68. The molecule has 3 aromatic carbocycles. The van der Waals surface area contributed by atoms with Gasteiger partial charge in [-0.15, -0.1) is 0 Å². The molecule has 1 atom stereocenters. The van der Waals surface area contributed by atoms with E-state index in [1.54, 1.807) is 31.4 Å². The van der Waals surface area contributed by atoms with E-state index < -0.39 is 16.1 Å². The number of sulfonamides is 1. The summed E-state index contributed by atoms with van der Waals surface area (Å²) in [5.74, 6) is 0.695. The van der Waals surface area contributed by atoms with Crippen LogP contribution in [-0.2, 0) is 10.0 Å². The molecule has 3 rings (SSSR count). The van der Waals surface area contributed by atoms with E-state index in [1.165, 1.54) is 4.31 Å². The minimum atomic E-state index is -3.75. The van der Waals surface area contributed by atoms with Gasteiger partial charge in [0.05, 0.1) is 23.7 Å². The van der Waals surface area contributed by atoms with Crippen LogP contribution in [0.3, 0.4) is 0 Å². The number of rotatable bonds is 6. The molecule has 0 saturated carbocycles. The van der Waals surface area contributed by atoms with Crippen molar-refractivity contribution in [3.05, 3.63) is 90.0 Å². The molecule has 0 radical (unpaired) electrons. The molecular weight excluding hydrogens is 358 g/mol. The summed E-state index contributed by atoms with van der Waals surface area (Å²) in [5.41, 5.74) is 2.49. The van der Waals surface area contributed by atoms with Gasteiger partial charge in [-0.2, -0.15) is 0 Å². The van der Waals surface area contributed by atoms with Gasteiger partial charge in [0, 0.05) is 0 Å². The summed E-state index contributed by atoms with van der Waals surface area (Å²) >= 11 is 0. The van der Waals surface area contributed by atoms with Gasteiger partial charge in [0.15, 0.2) is 0 Å². The Balaban J connectivity index is 2.16. The molecule has 0 aliphatic carbocycles. The number of nitrogens with zero attached hydrogens (tertiary/aromatic N) is 1. The van der Waals surface area contributed by atoms with E-state index in [2.05, 4.69) is 0 Å². The zero-order valence-electron chi connectivity index (χ0n) is 15.7. The first-order chi connectivity index (χ1) is 12.9. The number of benzene rings is 3. The standard InChI is InChI=1S/C22H23NO3S/c1-17-9-7-11-20(15-17)23(27(24,25)22-13-5-4-6-14-22)18(2)19-10-8-12-21(16-19)26-3/h4-16,18H,1-3H3. The zero-order valence-corrected chi connectivity index (χ0v) is 16.5. The van der Waals surface area contributed by atoms with Crippen LogP contribution in [0.4, 0.5) is 5.69 Å². The molecule has 0 amide bonds. The summed E-state index contributed by atoms with van der Waals surface area (Å²) in [5, 5.41) is 0. The second-order valence-corrected chi connectivity index (χ2v) is 8.22. The Morgan fingerprint density at radius 2 is 1.59 bits per heavy atom. The Morgan fingerprint density at radius 1 is 0.889 bits per heavy atom. The topological polar surface area (TPSA) is 46.6 Å². The van der Waals surface area contributed by atoms with Crippen molar-refractivity contribution < 1.29 is 13.2 Å². The number of aryl methyl sites for hydroxylation is 1. The van der Waals surface area contributed by atoms with Crippen molar-refractivity contribution in [2.75, 3.05) is 11.4 Å². The first-order valence-electron chi connectivity index (χ1n) is 8.73. The third-order valence-corrected chi connectivity index (χ3v) is 6.40. The summed E-state index contributed by atoms with van der Waals surface area (Å²) in [6.07, 6.45) is 0. The minimum absolute atomic E-state index is 0.265. The van der Waals surface area contributed by atoms with Crippen LogP contribution in [0.1, 0.15) is 24.1 Å². The molecule has 0 heterocycles. The summed E-state index contributed by atoms with van der Waals surface area (Å²) in [7, 11) is -2.15. The molecule has 0 spiro atoms. The van der Waals surface area contributed by atoms with E-state index in [9.17, 15) is 8.42 Å². The third-order valence-electron chi connectivity index (χ3n) is 4.48. The normalized spacial score (nSPS) is 12.4. The van der Waals surface area contributed by atoms with Gasteiger partial charge < -0.3 is 4.74 Å². The van der Waals surface area contributed by atoms with Crippen LogP contribution in [0.25, 0.3) is 0 Å². The van der Waals surface area contributed by atoms with Crippen LogP contribution in [0, 0.1) is 6.92 Å². The molecule has 3 aromatic rings. The maximum atomic E-state index is 13.5. The van der Waals surface area contributed by atoms with E-state index in [0.29, 0.717) is 11.4 Å². The first-order valence-corrected chi connectivity index (χ1v) is 10.2. The molecule has 5 heteroatoms. The highest BCUT2D eigenvalue weighted by atomic mass is 32.2. The van der Waals surface area contributed by atoms with Crippen LogP contribution in [0.15, 0.2) is 83.8 Å². The van der Waals surface area contributed by atoms with E-state index >= 15 is 0 Å². The van der Waals surface area contributed by atoms with Crippen LogP contribution in [0.5, 0.6) is 5.75 Å². The van der Waals surface area contributed by atoms with Gasteiger partial charge in [0.2, 0.25) is 0 Å². The van der Waals surface area contributed by atoms with Gasteiger partial charge in [0.1, 0.15) is 5.75 Å². The lowest BCUT2D eigenvalue weighted by Gasteiger charge is -2.31. The maximum Gasteiger partial charge on any atom is 0.264 e. The summed E-state index contributed by atoms with van der Waals surface area (Å²) in [4.78, 5) is 0.265. The number of anilines is 1. The lowest BCUT2D eigenvalue weighted by molar-refractivity contribution is 0.414. The molecule has 0 saturated heterocycles. The molecular formula is C22H23NO3S. The molecule has 0 aliphatic heterocycles. The Bertz CT molecular complexity index is 1020. The lowest BCUT2D eigenvalue weighted by Crippen LogP contribution is -2.33. The van der Waals surface area contributed by atoms with Crippen molar-refractivity contribution in [2.45, 2.75) is 24.8 Å². The fourth-order valence-corrected chi connectivity index (χ4v) is 4.74. The first kappa shape index (κ1) is 19.0. The van der Waals surface area contributed by atoms with Gasteiger partial charge in [-0.05, 0) is 61.4 Å². The highest BCUT2D eigenvalue weighted by Crippen LogP contribution is 2.34. The van der Waals surface area contributed by atoms with Crippen LogP contribution < -0.4 is 9.04 Å². The predicted molar refractivity (Wildman–Crippen MR) is 109 cm³/mol. The molecule has 27 heavy (non-hydrogen) atoms. The number of methoxy groups -OCH3 is 1. The zero-order chi connectivity index (χ0) is 19.4. The minimum Gasteiger partial charge on any atom is -0.497 e. The van der Waals surface area contributed by atoms with E-state index in [1.807, 2.05) is 68.4 Å². The largest absolute Gasteiger partial charge is 0.497 e. The highest BCUT2D eigenvalue weighted by Gasteiger charge is 2.30. The highest BCUT2D eigenvalue weighted by molar-refractivity contribution is 7.92. The summed E-state index contributed by atoms with van der Waals surface area (Å²) < 4.78 is 33.8. The van der Waals surface area contributed by atoms with Gasteiger partial charge in [-0.1, -0.05) is 42.5 Å². The average molecular weight is 381 g/mol. The molecule has 0 aliphatic rings. The van der Waals surface area contributed by atoms with Gasteiger partial charge in [-0.25, -0.2) is 8.42 Å². The SMILES string of the molecule is COc1cccc(C(C)N(c2cccc(C)c2)S(=O)(=O)c2ccccc2)c1. The Kier molecular flexibility index (Phi) is 5.51. The van der Waals surface area contributed by atoms with Crippen molar-refractivity contribution >= 4 is 15.7 Å². The second kappa shape index (κ2) is 7.84. The summed E-state index contributed by atoms with van der Waals surface area (Å²) in [6, 6.07) is 23.1. The van der Waals surface area contributed by atoms with Gasteiger partial charge in [-0.3, -0.25) is 4.31 Å². The van der Waals surface area contributed by atoms with Crippen LogP contribution in [-0.4, -0.2) is 15.5 Å². The molecule has 0 N–H and O–H groups in total. The molecule has 140 valence electrons. The molecule has 0 fully saturated rings. The second-order valence-electron chi connectivity index (χ2n) is 6.41. The quantitative estimate of drug-likeness (QED) is 0.606. The van der Waals surface area contributed by atoms with Crippen molar-refractivity contribution in [3.8, 4) is 5.75 Å². The number of hydrogen-bond acceptors (Lipinski definition) is 3. The van der Waals surface area contributed by atoms with Gasteiger partial charge in [0.25, 0.3) is 10.0 Å². The van der Waals surface area contributed by atoms with Crippen LogP contribution in [0.2, 0.25) is 0 Å². The Labute approximate surface area is 161 Å². The fraction of sp³-hybridized carbons (Fsp3) is 0.182. The fourth-order valence-electron chi connectivity index (χ4n) is 3.08. The van der Waals surface area contributed by atoms with Crippen molar-refractivity contribution in [1.29, 1.82) is 0 Å². The Hall–Kier alpha value is -2.79. The third kappa shape index (κ3) is 3.98. The molecule has 4 nitrogen and oxygen atoms in total. The van der Waals surface area contributed by atoms with Crippen LogP contribution >= 0.6 is 0 Å². The van der Waals surface area contributed by atoms with E-state index in [4.69, 9.17) is 4.74 Å². The monoisotopic (exact) mass is 381 g/mol. The summed E-state index contributed by atoms with van der Waals surface area (Å²) in [6.45, 7) is 3.84. The number of hydrogen-bond donors (Lipinski definition) is 0. The van der Waals surface area contributed by atoms with E-state index in [-0.39, 0.29) is 4.90 Å². The van der Waals surface area contributed by atoms with Crippen molar-refractivity contribution in [3.63, 3.8) is 0 Å². The molecule has 0 bridgehead atoms. The molecule has 0 aromatic heterocycles. The Morgan fingerprint density at radius 3 is 2.26 bits per heavy atom. The number of ether oxygens (including phenoxy) is 1. The molecule has 1 unspecified atom stereocenters. The van der Waals surface area contributed by atoms with Crippen molar-refractivity contribution in [2.24, 2.45) is 0 Å². The van der Waals surface area contributed by atoms with E-state index in [0.717, 1.165) is 11.1 Å². The lowest BCUT2D eigenvalue weighted by atomic mass is 10.1. The predicted octanol–water partition coefficient (Wildman–Crippen LogP) is 4.96. The maximum absolute atomic E-state index is 13.5. The smallest absolute Gasteiger partial charge is 0.264 e. The van der Waals surface area contributed by atoms with Gasteiger partial charge >= 0.3 is 0 Å². The van der Waals surface area contributed by atoms with Crippen molar-refractivity contribution in [1.82, 2.24) is 0 Å².